The molecule has 8 rings (SSSR count). The Kier molecular flexibility index (Phi) is 11.2. The molecule has 0 saturated carbocycles. The summed E-state index contributed by atoms with van der Waals surface area (Å²) in [6.07, 6.45) is 4.90. The van der Waals surface area contributed by atoms with Gasteiger partial charge in [-0.1, -0.05) is 73.3 Å². The quantitative estimate of drug-likeness (QED) is 0.118. The Balaban J connectivity index is 0.000000195. The van der Waals surface area contributed by atoms with Crippen LogP contribution in [0, 0.1) is 38.8 Å². The van der Waals surface area contributed by atoms with Gasteiger partial charge in [-0.15, -0.1) is 17.7 Å². The second-order valence-corrected chi connectivity index (χ2v) is 26.2. The average Bonchev–Trinajstić information content (AvgIpc) is 3.56. The van der Waals surface area contributed by atoms with Gasteiger partial charge in [-0.05, 0) is 60.0 Å². The fourth-order valence-corrected chi connectivity index (χ4v) is 9.20. The number of nitrogens with zero attached hydrogens (tertiary/aromatic N) is 2. The molecule has 0 aliphatic rings. The van der Waals surface area contributed by atoms with Gasteiger partial charge in [0.2, 0.25) is 0 Å². The molecule has 0 aliphatic carbocycles. The first-order valence-electron chi connectivity index (χ1n) is 20.1. The van der Waals surface area contributed by atoms with Gasteiger partial charge in [0.05, 0.1) is 5.58 Å². The Morgan fingerprint density at radius 1 is 0.709 bits per heavy atom. The summed E-state index contributed by atoms with van der Waals surface area (Å²) in [7, 11) is 0. The summed E-state index contributed by atoms with van der Waals surface area (Å²) in [5.41, 5.74) is 13.4. The molecule has 0 spiro atoms. The minimum Gasteiger partial charge on any atom is 0 e. The minimum absolute atomic E-state index is 0. The maximum atomic E-state index is 7.84. The molecule has 5 aromatic carbocycles. The van der Waals surface area contributed by atoms with Crippen LogP contribution in [0.25, 0.3) is 66.7 Å². The van der Waals surface area contributed by atoms with E-state index in [1.807, 2.05) is 60.9 Å². The first-order chi connectivity index (χ1) is 27.2. The van der Waals surface area contributed by atoms with E-state index in [0.717, 1.165) is 62.0 Å². The SMILES string of the molecule is Cc1cccc(C)c1-c1cccc2c1oc1cc(-c3cc(CC(C)C)ccn3)[c-]cc12.[2H]C([2H])([2H])c1c[c-]c(-c2cc[c]([Ge]([CH3])([CH3])[CH3])cn2)cc1-c1ccccc1.[Ir]. The van der Waals surface area contributed by atoms with Gasteiger partial charge in [-0.2, -0.15) is 0 Å². The zero-order chi connectivity index (χ0) is 40.5. The van der Waals surface area contributed by atoms with Crippen LogP contribution in [0.1, 0.15) is 40.2 Å². The van der Waals surface area contributed by atoms with Crippen molar-refractivity contribution in [3.8, 4) is 44.8 Å². The molecule has 0 atom stereocenters. The van der Waals surface area contributed by atoms with E-state index in [2.05, 4.69) is 128 Å². The smallest absolute Gasteiger partial charge is 0 e. The number of benzene rings is 5. The molecule has 5 heteroatoms. The number of hydrogen-bond donors (Lipinski definition) is 0. The van der Waals surface area contributed by atoms with Gasteiger partial charge in [0.15, 0.2) is 0 Å². The molecule has 3 nitrogen and oxygen atoms in total. The largest absolute Gasteiger partial charge is 0 e. The molecule has 0 aliphatic heterocycles. The van der Waals surface area contributed by atoms with E-state index in [1.54, 1.807) is 6.07 Å². The van der Waals surface area contributed by atoms with E-state index in [9.17, 15) is 0 Å². The molecule has 0 unspecified atom stereocenters. The van der Waals surface area contributed by atoms with Crippen molar-refractivity contribution in [3.63, 3.8) is 0 Å². The van der Waals surface area contributed by atoms with Crippen molar-refractivity contribution in [2.45, 2.75) is 58.2 Å². The van der Waals surface area contributed by atoms with Gasteiger partial charge in [-0.25, -0.2) is 0 Å². The zero-order valence-corrected chi connectivity index (χ0v) is 37.0. The Morgan fingerprint density at radius 3 is 2.13 bits per heavy atom. The first kappa shape index (κ1) is 36.1. The number of para-hydroxylation sites is 1. The van der Waals surface area contributed by atoms with Crippen molar-refractivity contribution in [1.82, 2.24) is 9.97 Å². The van der Waals surface area contributed by atoms with E-state index in [0.29, 0.717) is 17.0 Å². The summed E-state index contributed by atoms with van der Waals surface area (Å²) < 4.78 is 31.3. The molecule has 8 aromatic rings. The minimum atomic E-state index is -2.18. The van der Waals surface area contributed by atoms with Crippen LogP contribution < -0.4 is 4.40 Å². The van der Waals surface area contributed by atoms with Gasteiger partial charge in [0.1, 0.15) is 5.58 Å². The monoisotopic (exact) mass is 962 g/mol. The number of rotatable bonds is 7. The fraction of sp³-hybridized carbons (Fsp3) is 0.200. The summed E-state index contributed by atoms with van der Waals surface area (Å²) in [5.74, 6) is 7.62. The van der Waals surface area contributed by atoms with Crippen molar-refractivity contribution < 1.29 is 28.6 Å². The molecular weight excluding hydrogens is 909 g/mol. The van der Waals surface area contributed by atoms with Gasteiger partial charge in [0.25, 0.3) is 0 Å². The van der Waals surface area contributed by atoms with Crippen molar-refractivity contribution in [1.29, 1.82) is 0 Å². The Morgan fingerprint density at radius 2 is 1.44 bits per heavy atom. The van der Waals surface area contributed by atoms with Gasteiger partial charge in [-0.3, -0.25) is 0 Å². The number of furan rings is 1. The van der Waals surface area contributed by atoms with Gasteiger partial charge in [0, 0.05) is 31.9 Å². The van der Waals surface area contributed by atoms with Gasteiger partial charge >= 0.3 is 146 Å². The number of aryl methyl sites for hydroxylation is 3. The fourth-order valence-electron chi connectivity index (χ4n) is 7.03. The van der Waals surface area contributed by atoms with Crippen LogP contribution in [0.5, 0.6) is 0 Å². The Bertz CT molecular complexity index is 2660. The van der Waals surface area contributed by atoms with E-state index >= 15 is 0 Å². The van der Waals surface area contributed by atoms with E-state index in [-0.39, 0.29) is 20.1 Å². The van der Waals surface area contributed by atoms with Crippen LogP contribution >= 0.6 is 0 Å². The molecule has 279 valence electrons. The third kappa shape index (κ3) is 8.94. The van der Waals surface area contributed by atoms with Crippen LogP contribution in [-0.2, 0) is 26.5 Å². The van der Waals surface area contributed by atoms with Crippen LogP contribution in [0.15, 0.2) is 132 Å². The van der Waals surface area contributed by atoms with E-state index < -0.39 is 20.1 Å². The van der Waals surface area contributed by atoms with E-state index in [4.69, 9.17) is 8.53 Å². The standard InChI is InChI=1S/C29H26NO.C21H22GeN.Ir/c1-18(2)15-21-13-14-30-26(16-21)22-11-12-23-24-9-6-10-25(29(24)31-27(23)17-22)28-19(3)7-5-8-20(28)4;1-16-10-11-18(14-20(16)17-8-6-5-7-9-17)21-13-12-19(15-23-21)22(2,3)4;/h5-10,12-14,16-18H,15H2,1-4H3;5-10,12-15H,1-4H3;/q2*-1;/i;1D3;. The summed E-state index contributed by atoms with van der Waals surface area (Å²) in [6.45, 7) is 6.61. The third-order valence-corrected chi connectivity index (χ3v) is 14.1. The molecule has 0 N–H and O–H groups in total. The van der Waals surface area contributed by atoms with Crippen LogP contribution in [0.2, 0.25) is 17.3 Å². The molecule has 0 bridgehead atoms. The van der Waals surface area contributed by atoms with Crippen LogP contribution in [0.3, 0.4) is 0 Å². The van der Waals surface area contributed by atoms with Crippen molar-refractivity contribution in [3.05, 3.63) is 162 Å². The topological polar surface area (TPSA) is 38.9 Å². The molecule has 0 saturated heterocycles. The number of fused-ring (bicyclic) bond motifs is 3. The third-order valence-electron chi connectivity index (χ3n) is 9.87. The summed E-state index contributed by atoms with van der Waals surface area (Å²) in [6, 6.07) is 45.0. The molecular formula is C50H48GeIrN2O-2. The Labute approximate surface area is 347 Å². The maximum Gasteiger partial charge on any atom is 0 e. The molecule has 55 heavy (non-hydrogen) atoms. The summed E-state index contributed by atoms with van der Waals surface area (Å²) >= 11 is -1.91. The molecule has 1 radical (unpaired) electrons. The van der Waals surface area contributed by atoms with Crippen molar-refractivity contribution >= 4 is 39.6 Å². The molecule has 0 amide bonds. The molecule has 0 fully saturated rings. The van der Waals surface area contributed by atoms with Gasteiger partial charge < -0.3 is 9.40 Å². The number of aromatic nitrogens is 2. The summed E-state index contributed by atoms with van der Waals surface area (Å²) in [5, 5.41) is 2.21. The van der Waals surface area contributed by atoms with Crippen LogP contribution in [-0.4, -0.2) is 23.2 Å². The maximum absolute atomic E-state index is 7.84. The first-order valence-corrected chi connectivity index (χ1v) is 26.0. The normalized spacial score (nSPS) is 12.4. The molecule has 3 aromatic heterocycles. The predicted octanol–water partition coefficient (Wildman–Crippen LogP) is 13.0. The van der Waals surface area contributed by atoms with Crippen LogP contribution in [0.4, 0.5) is 0 Å². The molecule has 3 heterocycles. The second kappa shape index (κ2) is 17.0. The Hall–Kier alpha value is -4.61. The predicted molar refractivity (Wildman–Crippen MR) is 231 cm³/mol. The average molecular weight is 961 g/mol. The van der Waals surface area contributed by atoms with E-state index in [1.165, 1.54) is 26.6 Å². The number of hydrogen-bond acceptors (Lipinski definition) is 3. The second-order valence-electron chi connectivity index (χ2n) is 15.5. The number of pyridine rings is 2. The summed E-state index contributed by atoms with van der Waals surface area (Å²) in [4.78, 5) is 9.21. The van der Waals surface area contributed by atoms with Crippen molar-refractivity contribution in [2.24, 2.45) is 5.92 Å². The zero-order valence-electron chi connectivity index (χ0n) is 35.5. The van der Waals surface area contributed by atoms with Crippen molar-refractivity contribution in [2.75, 3.05) is 0 Å².